The third kappa shape index (κ3) is 2.06. The SMILES string of the molecule is COC(=O)C(C)(O)c1cccc2c1ccc1ccccc12. The topological polar surface area (TPSA) is 46.5 Å². The molecule has 0 aliphatic rings. The number of ether oxygens (including phenoxy) is 1. The van der Waals surface area contributed by atoms with Crippen LogP contribution < -0.4 is 0 Å². The Balaban J connectivity index is 2.36. The minimum absolute atomic E-state index is 0.553. The molecule has 0 saturated heterocycles. The third-order valence-electron chi connectivity index (χ3n) is 3.89. The smallest absolute Gasteiger partial charge is 0.342 e. The molecule has 3 aromatic rings. The molecule has 3 aromatic carbocycles. The molecule has 3 heteroatoms. The average molecular weight is 280 g/mol. The van der Waals surface area contributed by atoms with Gasteiger partial charge < -0.3 is 9.84 Å². The van der Waals surface area contributed by atoms with E-state index in [-0.39, 0.29) is 0 Å². The molecule has 1 N–H and O–H groups in total. The summed E-state index contributed by atoms with van der Waals surface area (Å²) < 4.78 is 4.72. The van der Waals surface area contributed by atoms with Crippen molar-refractivity contribution in [3.05, 3.63) is 60.2 Å². The molecule has 0 saturated carbocycles. The Morgan fingerprint density at radius 3 is 2.43 bits per heavy atom. The van der Waals surface area contributed by atoms with E-state index in [9.17, 15) is 9.90 Å². The highest BCUT2D eigenvalue weighted by molar-refractivity contribution is 6.09. The van der Waals surface area contributed by atoms with E-state index in [1.807, 2.05) is 48.5 Å². The lowest BCUT2D eigenvalue weighted by molar-refractivity contribution is -0.161. The molecule has 3 rings (SSSR count). The first-order valence-electron chi connectivity index (χ1n) is 6.77. The van der Waals surface area contributed by atoms with Crippen LogP contribution in [0.5, 0.6) is 0 Å². The fourth-order valence-electron chi connectivity index (χ4n) is 2.77. The number of benzene rings is 3. The van der Waals surface area contributed by atoms with Gasteiger partial charge in [-0.25, -0.2) is 4.79 Å². The van der Waals surface area contributed by atoms with Crippen LogP contribution in [0.2, 0.25) is 0 Å². The standard InChI is InChI=1S/C18H16O3/c1-18(20,17(19)21-2)16-9-5-8-14-13-7-4-3-6-12(13)10-11-15(14)16/h3-11,20H,1-2H3. The van der Waals surface area contributed by atoms with E-state index in [0.717, 1.165) is 21.5 Å². The summed E-state index contributed by atoms with van der Waals surface area (Å²) in [6, 6.07) is 17.6. The molecule has 0 aliphatic carbocycles. The van der Waals surface area contributed by atoms with Crippen molar-refractivity contribution in [3.63, 3.8) is 0 Å². The molecule has 0 aliphatic heterocycles. The second-order valence-electron chi connectivity index (χ2n) is 5.25. The van der Waals surface area contributed by atoms with E-state index in [4.69, 9.17) is 4.74 Å². The maximum atomic E-state index is 11.9. The number of carbonyl (C=O) groups is 1. The van der Waals surface area contributed by atoms with Gasteiger partial charge in [0.05, 0.1) is 7.11 Å². The van der Waals surface area contributed by atoms with Gasteiger partial charge >= 0.3 is 5.97 Å². The number of esters is 1. The minimum Gasteiger partial charge on any atom is -0.467 e. The molecule has 1 atom stereocenters. The lowest BCUT2D eigenvalue weighted by atomic mass is 9.89. The predicted molar refractivity (Wildman–Crippen MR) is 83.0 cm³/mol. The van der Waals surface area contributed by atoms with Gasteiger partial charge in [0.2, 0.25) is 0 Å². The fourth-order valence-corrected chi connectivity index (χ4v) is 2.77. The lowest BCUT2D eigenvalue weighted by Gasteiger charge is -2.22. The monoisotopic (exact) mass is 280 g/mol. The average Bonchev–Trinajstić information content (AvgIpc) is 2.53. The number of carbonyl (C=O) groups excluding carboxylic acids is 1. The van der Waals surface area contributed by atoms with Gasteiger partial charge in [-0.1, -0.05) is 54.6 Å². The number of fused-ring (bicyclic) bond motifs is 3. The van der Waals surface area contributed by atoms with Gasteiger partial charge in [0.15, 0.2) is 5.60 Å². The highest BCUT2D eigenvalue weighted by Crippen LogP contribution is 2.33. The predicted octanol–water partition coefficient (Wildman–Crippen LogP) is 3.37. The van der Waals surface area contributed by atoms with Crippen molar-refractivity contribution in [1.29, 1.82) is 0 Å². The summed E-state index contributed by atoms with van der Waals surface area (Å²) >= 11 is 0. The summed E-state index contributed by atoms with van der Waals surface area (Å²) in [7, 11) is 1.28. The molecule has 0 spiro atoms. The van der Waals surface area contributed by atoms with Crippen LogP contribution in [0.3, 0.4) is 0 Å². The zero-order valence-electron chi connectivity index (χ0n) is 12.0. The Labute approximate surface area is 122 Å². The zero-order valence-corrected chi connectivity index (χ0v) is 12.0. The van der Waals surface area contributed by atoms with E-state index in [2.05, 4.69) is 0 Å². The van der Waals surface area contributed by atoms with Gasteiger partial charge in [0, 0.05) is 5.56 Å². The van der Waals surface area contributed by atoms with Crippen molar-refractivity contribution in [2.24, 2.45) is 0 Å². The van der Waals surface area contributed by atoms with Crippen molar-refractivity contribution in [1.82, 2.24) is 0 Å². The molecule has 1 unspecified atom stereocenters. The second-order valence-corrected chi connectivity index (χ2v) is 5.25. The Kier molecular flexibility index (Phi) is 3.15. The summed E-state index contributed by atoms with van der Waals surface area (Å²) in [5, 5.41) is 14.6. The third-order valence-corrected chi connectivity index (χ3v) is 3.89. The highest BCUT2D eigenvalue weighted by atomic mass is 16.5. The molecule has 0 heterocycles. The van der Waals surface area contributed by atoms with Crippen molar-refractivity contribution < 1.29 is 14.6 Å². The highest BCUT2D eigenvalue weighted by Gasteiger charge is 2.35. The summed E-state index contributed by atoms with van der Waals surface area (Å²) in [6.07, 6.45) is 0. The van der Waals surface area contributed by atoms with Gasteiger partial charge in [-0.15, -0.1) is 0 Å². The Hall–Kier alpha value is -2.39. The molecular formula is C18H16O3. The largest absolute Gasteiger partial charge is 0.467 e. The molecule has 0 fully saturated rings. The number of hydrogen-bond donors (Lipinski definition) is 1. The number of aliphatic hydroxyl groups is 1. The Morgan fingerprint density at radius 1 is 0.952 bits per heavy atom. The van der Waals surface area contributed by atoms with Crippen LogP contribution in [-0.4, -0.2) is 18.2 Å². The molecule has 0 amide bonds. The molecule has 0 radical (unpaired) electrons. The lowest BCUT2D eigenvalue weighted by Crippen LogP contribution is -2.33. The van der Waals surface area contributed by atoms with Crippen molar-refractivity contribution >= 4 is 27.5 Å². The molecular weight excluding hydrogens is 264 g/mol. The van der Waals surface area contributed by atoms with E-state index in [1.165, 1.54) is 14.0 Å². The maximum absolute atomic E-state index is 11.9. The zero-order chi connectivity index (χ0) is 15.0. The van der Waals surface area contributed by atoms with Crippen LogP contribution in [0, 0.1) is 0 Å². The van der Waals surface area contributed by atoms with Crippen molar-refractivity contribution in [3.8, 4) is 0 Å². The molecule has 0 bridgehead atoms. The van der Waals surface area contributed by atoms with Crippen molar-refractivity contribution in [2.45, 2.75) is 12.5 Å². The minimum atomic E-state index is -1.67. The van der Waals surface area contributed by atoms with Gasteiger partial charge in [-0.3, -0.25) is 0 Å². The van der Waals surface area contributed by atoms with Crippen LogP contribution in [0.1, 0.15) is 12.5 Å². The quantitative estimate of drug-likeness (QED) is 0.578. The van der Waals surface area contributed by atoms with Crippen LogP contribution in [-0.2, 0) is 15.1 Å². The first kappa shape index (κ1) is 13.6. The maximum Gasteiger partial charge on any atom is 0.342 e. The first-order valence-corrected chi connectivity index (χ1v) is 6.77. The van der Waals surface area contributed by atoms with Gasteiger partial charge in [0.1, 0.15) is 0 Å². The van der Waals surface area contributed by atoms with Gasteiger partial charge in [-0.2, -0.15) is 0 Å². The summed E-state index contributed by atoms with van der Waals surface area (Å²) in [4.78, 5) is 11.9. The molecule has 3 nitrogen and oxygen atoms in total. The normalized spacial score (nSPS) is 14.0. The molecule has 0 aromatic heterocycles. The fraction of sp³-hybridized carbons (Fsp3) is 0.167. The van der Waals surface area contributed by atoms with Crippen molar-refractivity contribution in [2.75, 3.05) is 7.11 Å². The van der Waals surface area contributed by atoms with E-state index >= 15 is 0 Å². The Bertz CT molecular complexity index is 834. The summed E-state index contributed by atoms with van der Waals surface area (Å²) in [5.41, 5.74) is -1.12. The van der Waals surface area contributed by atoms with Crippen LogP contribution >= 0.6 is 0 Å². The van der Waals surface area contributed by atoms with E-state index < -0.39 is 11.6 Å². The van der Waals surface area contributed by atoms with Gasteiger partial charge in [0.25, 0.3) is 0 Å². The molecule has 106 valence electrons. The summed E-state index contributed by atoms with van der Waals surface area (Å²) in [6.45, 7) is 1.46. The number of methoxy groups -OCH3 is 1. The second kappa shape index (κ2) is 4.86. The first-order chi connectivity index (χ1) is 10.1. The van der Waals surface area contributed by atoms with Gasteiger partial charge in [-0.05, 0) is 28.5 Å². The van der Waals surface area contributed by atoms with Crippen LogP contribution in [0.25, 0.3) is 21.5 Å². The van der Waals surface area contributed by atoms with E-state index in [1.54, 1.807) is 6.07 Å². The summed E-state index contributed by atoms with van der Waals surface area (Å²) in [5.74, 6) is -0.664. The Morgan fingerprint density at radius 2 is 1.67 bits per heavy atom. The van der Waals surface area contributed by atoms with Crippen LogP contribution in [0.15, 0.2) is 54.6 Å². The number of rotatable bonds is 2. The van der Waals surface area contributed by atoms with Crippen LogP contribution in [0.4, 0.5) is 0 Å². The number of hydrogen-bond acceptors (Lipinski definition) is 3. The molecule has 21 heavy (non-hydrogen) atoms. The van der Waals surface area contributed by atoms with E-state index in [0.29, 0.717) is 5.56 Å².